The second-order valence-electron chi connectivity index (χ2n) is 3.54. The fraction of sp³-hybridized carbons (Fsp3) is 0.154. The monoisotopic (exact) mass is 233 g/mol. The molecule has 0 bridgehead atoms. The van der Waals surface area contributed by atoms with Gasteiger partial charge in [-0.1, -0.05) is 0 Å². The molecule has 0 radical (unpaired) electrons. The quantitative estimate of drug-likeness (QED) is 0.823. The van der Waals surface area contributed by atoms with E-state index in [0.717, 1.165) is 12.2 Å². The van der Waals surface area contributed by atoms with E-state index in [-0.39, 0.29) is 11.6 Å². The van der Waals surface area contributed by atoms with Gasteiger partial charge in [0.2, 0.25) is 0 Å². The van der Waals surface area contributed by atoms with Crippen molar-refractivity contribution in [1.29, 1.82) is 0 Å². The van der Waals surface area contributed by atoms with E-state index >= 15 is 0 Å². The highest BCUT2D eigenvalue weighted by Crippen LogP contribution is 2.30. The maximum atomic E-state index is 13.2. The zero-order valence-electron chi connectivity index (χ0n) is 9.37. The highest BCUT2D eigenvalue weighted by atomic mass is 19.1. The lowest BCUT2D eigenvalue weighted by atomic mass is 10.1. The minimum atomic E-state index is -0.342. The lowest BCUT2D eigenvalue weighted by Crippen LogP contribution is -1.98. The molecule has 1 aromatic carbocycles. The third-order valence-electron chi connectivity index (χ3n) is 2.36. The summed E-state index contributed by atoms with van der Waals surface area (Å²) in [6.45, 7) is 2.67. The first-order chi connectivity index (χ1) is 8.24. The van der Waals surface area contributed by atoms with Crippen molar-refractivity contribution in [1.82, 2.24) is 0 Å². The van der Waals surface area contributed by atoms with Gasteiger partial charge in [0, 0.05) is 17.8 Å². The Bertz CT molecular complexity index is 534. The lowest BCUT2D eigenvalue weighted by molar-refractivity contribution is 0.110. The highest BCUT2D eigenvalue weighted by molar-refractivity contribution is 5.78. The second-order valence-corrected chi connectivity index (χ2v) is 3.54. The molecule has 0 aliphatic rings. The Labute approximate surface area is 98.3 Å². The topological polar surface area (TPSA) is 42.2 Å². The Morgan fingerprint density at radius 2 is 2.18 bits per heavy atom. The average molecular weight is 233 g/mol. The van der Waals surface area contributed by atoms with Crippen LogP contribution in [0, 0.1) is 5.82 Å². The van der Waals surface area contributed by atoms with Gasteiger partial charge in [-0.3, -0.25) is 4.79 Å². The number of anilines is 1. The normalized spacial score (nSPS) is 10.2. The Morgan fingerprint density at radius 1 is 1.35 bits per heavy atom. The van der Waals surface area contributed by atoms with Crippen LogP contribution in [0.4, 0.5) is 10.1 Å². The summed E-state index contributed by atoms with van der Waals surface area (Å²) in [6.07, 6.45) is 0.621. The molecule has 0 fully saturated rings. The van der Waals surface area contributed by atoms with E-state index < -0.39 is 0 Å². The molecule has 0 aliphatic heterocycles. The molecule has 0 amide bonds. The molecular formula is C13H12FNO2. The number of nitrogens with one attached hydrogen (secondary N) is 1. The summed E-state index contributed by atoms with van der Waals surface area (Å²) in [5.41, 5.74) is 1.39. The van der Waals surface area contributed by atoms with E-state index in [1.165, 1.54) is 12.1 Å². The predicted octanol–water partition coefficient (Wildman–Crippen LogP) is 3.33. The molecule has 0 aliphatic carbocycles. The first-order valence-electron chi connectivity index (χ1n) is 5.33. The van der Waals surface area contributed by atoms with Gasteiger partial charge >= 0.3 is 0 Å². The number of hydrogen-bond acceptors (Lipinski definition) is 3. The van der Waals surface area contributed by atoms with E-state index in [0.29, 0.717) is 17.6 Å². The zero-order chi connectivity index (χ0) is 12.3. The molecule has 0 unspecified atom stereocenters. The van der Waals surface area contributed by atoms with Crippen molar-refractivity contribution in [2.45, 2.75) is 6.92 Å². The number of benzene rings is 1. The molecule has 0 saturated heterocycles. The summed E-state index contributed by atoms with van der Waals surface area (Å²) in [7, 11) is 0. The van der Waals surface area contributed by atoms with Crippen LogP contribution in [0.2, 0.25) is 0 Å². The Morgan fingerprint density at radius 3 is 2.82 bits per heavy atom. The van der Waals surface area contributed by atoms with Crippen LogP contribution in [-0.4, -0.2) is 12.8 Å². The first-order valence-corrected chi connectivity index (χ1v) is 5.33. The van der Waals surface area contributed by atoms with Gasteiger partial charge in [-0.25, -0.2) is 4.39 Å². The molecule has 88 valence electrons. The Balaban J connectivity index is 2.48. The van der Waals surface area contributed by atoms with Gasteiger partial charge in [0.05, 0.1) is 0 Å². The van der Waals surface area contributed by atoms with Crippen molar-refractivity contribution in [3.63, 3.8) is 0 Å². The first kappa shape index (κ1) is 11.4. The van der Waals surface area contributed by atoms with Gasteiger partial charge in [-0.15, -0.1) is 0 Å². The van der Waals surface area contributed by atoms with Crippen LogP contribution in [0.5, 0.6) is 0 Å². The van der Waals surface area contributed by atoms with Crippen LogP contribution in [0.15, 0.2) is 34.7 Å². The van der Waals surface area contributed by atoms with Crippen LogP contribution in [-0.2, 0) is 0 Å². The summed E-state index contributed by atoms with van der Waals surface area (Å²) in [5.74, 6) is 0.361. The second kappa shape index (κ2) is 4.82. The van der Waals surface area contributed by atoms with E-state index in [9.17, 15) is 9.18 Å². The maximum absolute atomic E-state index is 13.2. The van der Waals surface area contributed by atoms with Gasteiger partial charge in [-0.2, -0.15) is 0 Å². The van der Waals surface area contributed by atoms with Gasteiger partial charge in [0.15, 0.2) is 12.0 Å². The van der Waals surface area contributed by atoms with Crippen molar-refractivity contribution >= 4 is 12.0 Å². The van der Waals surface area contributed by atoms with Crippen LogP contribution in [0.25, 0.3) is 11.3 Å². The molecular weight excluding hydrogens is 221 g/mol. The Kier molecular flexibility index (Phi) is 3.23. The summed E-state index contributed by atoms with van der Waals surface area (Å²) in [6, 6.07) is 7.62. The number of halogens is 1. The van der Waals surface area contributed by atoms with E-state index in [1.807, 2.05) is 6.92 Å². The number of carbonyl (C=O) groups excluding carboxylic acids is 1. The van der Waals surface area contributed by atoms with E-state index in [2.05, 4.69) is 5.32 Å². The van der Waals surface area contributed by atoms with Crippen molar-refractivity contribution in [2.24, 2.45) is 0 Å². The molecule has 1 N–H and O–H groups in total. The van der Waals surface area contributed by atoms with Gasteiger partial charge < -0.3 is 9.73 Å². The Hall–Kier alpha value is -2.10. The number of hydrogen-bond donors (Lipinski definition) is 1. The van der Waals surface area contributed by atoms with Crippen molar-refractivity contribution in [3.8, 4) is 11.3 Å². The third kappa shape index (κ3) is 2.36. The van der Waals surface area contributed by atoms with Gasteiger partial charge in [0.25, 0.3) is 0 Å². The summed E-state index contributed by atoms with van der Waals surface area (Å²) in [4.78, 5) is 10.5. The van der Waals surface area contributed by atoms with Crippen LogP contribution in [0.1, 0.15) is 17.5 Å². The molecule has 1 aromatic heterocycles. The number of aldehydes is 1. The molecule has 2 rings (SSSR count). The van der Waals surface area contributed by atoms with E-state index in [1.54, 1.807) is 18.2 Å². The van der Waals surface area contributed by atoms with Gasteiger partial charge in [0.1, 0.15) is 11.6 Å². The molecule has 3 nitrogen and oxygen atoms in total. The van der Waals surface area contributed by atoms with Crippen LogP contribution >= 0.6 is 0 Å². The molecule has 17 heavy (non-hydrogen) atoms. The van der Waals surface area contributed by atoms with E-state index in [4.69, 9.17) is 4.42 Å². The van der Waals surface area contributed by atoms with Crippen molar-refractivity contribution in [2.75, 3.05) is 11.9 Å². The number of rotatable bonds is 4. The van der Waals surface area contributed by atoms with Crippen LogP contribution < -0.4 is 5.32 Å². The zero-order valence-corrected chi connectivity index (χ0v) is 9.37. The maximum Gasteiger partial charge on any atom is 0.185 e. The summed E-state index contributed by atoms with van der Waals surface area (Å²) >= 11 is 0. The summed E-state index contributed by atoms with van der Waals surface area (Å²) < 4.78 is 18.5. The highest BCUT2D eigenvalue weighted by Gasteiger charge is 2.10. The standard InChI is InChI=1S/C13H12FNO2/c1-2-15-12-5-3-9(14)7-11(12)13-6-4-10(8-16)17-13/h3-8,15H,2H2,1H3. The molecule has 0 spiro atoms. The smallest absolute Gasteiger partial charge is 0.185 e. The van der Waals surface area contributed by atoms with Crippen LogP contribution in [0.3, 0.4) is 0 Å². The predicted molar refractivity (Wildman–Crippen MR) is 63.7 cm³/mol. The van der Waals surface area contributed by atoms with Gasteiger partial charge in [-0.05, 0) is 37.3 Å². The average Bonchev–Trinajstić information content (AvgIpc) is 2.80. The molecule has 1 heterocycles. The summed E-state index contributed by atoms with van der Waals surface area (Å²) in [5, 5.41) is 3.11. The number of carbonyl (C=O) groups is 1. The molecule has 0 saturated carbocycles. The fourth-order valence-electron chi connectivity index (χ4n) is 1.63. The number of furan rings is 1. The molecule has 4 heteroatoms. The lowest BCUT2D eigenvalue weighted by Gasteiger charge is -2.08. The van der Waals surface area contributed by atoms with Crippen molar-refractivity contribution in [3.05, 3.63) is 41.9 Å². The minimum absolute atomic E-state index is 0.228. The van der Waals surface area contributed by atoms with Crippen molar-refractivity contribution < 1.29 is 13.6 Å². The SMILES string of the molecule is CCNc1ccc(F)cc1-c1ccc(C=O)o1. The largest absolute Gasteiger partial charge is 0.453 e. The molecule has 2 aromatic rings. The molecule has 0 atom stereocenters. The minimum Gasteiger partial charge on any atom is -0.453 e. The fourth-order valence-corrected chi connectivity index (χ4v) is 1.63. The third-order valence-corrected chi connectivity index (χ3v) is 2.36.